The van der Waals surface area contributed by atoms with Crippen molar-refractivity contribution >= 4 is 17.1 Å². The van der Waals surface area contributed by atoms with E-state index in [0.717, 1.165) is 36.1 Å². The Morgan fingerprint density at radius 3 is 2.91 bits per heavy atom. The molecular weight excluding hydrogens is 284 g/mol. The Morgan fingerprint density at radius 1 is 1.36 bits per heavy atom. The summed E-state index contributed by atoms with van der Waals surface area (Å²) in [4.78, 5) is 4.48. The molecule has 2 aliphatic rings. The Labute approximate surface area is 128 Å². The van der Waals surface area contributed by atoms with Crippen LogP contribution in [0.3, 0.4) is 0 Å². The summed E-state index contributed by atoms with van der Waals surface area (Å²) in [6.45, 7) is 1.42. The standard InChI is InChI=1S/C16H20N2O4/c1-20-10-2-3-12-11(8-10)17-15(22-12)18-13-9-14(19)16(13)4-6-21-7-5-16/h2-3,8,13-14,19H,4-7,9H2,1H3,(H,17,18)/t13-,14-/m1/s1. The smallest absolute Gasteiger partial charge is 0.295 e. The highest BCUT2D eigenvalue weighted by Gasteiger charge is 2.55. The van der Waals surface area contributed by atoms with Crippen LogP contribution in [0.1, 0.15) is 19.3 Å². The van der Waals surface area contributed by atoms with Crippen molar-refractivity contribution in [2.45, 2.75) is 31.4 Å². The van der Waals surface area contributed by atoms with Crippen LogP contribution in [-0.2, 0) is 4.74 Å². The van der Waals surface area contributed by atoms with Gasteiger partial charge in [0.15, 0.2) is 5.58 Å². The lowest BCUT2D eigenvalue weighted by Gasteiger charge is -2.55. The first-order chi connectivity index (χ1) is 10.7. The van der Waals surface area contributed by atoms with Crippen molar-refractivity contribution in [3.05, 3.63) is 18.2 Å². The number of hydrogen-bond donors (Lipinski definition) is 2. The summed E-state index contributed by atoms with van der Waals surface area (Å²) in [6.07, 6.45) is 2.21. The predicted molar refractivity (Wildman–Crippen MR) is 81.1 cm³/mol. The molecular formula is C16H20N2O4. The van der Waals surface area contributed by atoms with Crippen LogP contribution in [0.2, 0.25) is 0 Å². The summed E-state index contributed by atoms with van der Waals surface area (Å²) >= 11 is 0. The normalized spacial score (nSPS) is 26.8. The maximum Gasteiger partial charge on any atom is 0.295 e. The number of methoxy groups -OCH3 is 1. The first-order valence-electron chi connectivity index (χ1n) is 7.68. The van der Waals surface area contributed by atoms with Crippen LogP contribution in [0.25, 0.3) is 11.1 Å². The highest BCUT2D eigenvalue weighted by Crippen LogP contribution is 2.50. The molecule has 2 N–H and O–H groups in total. The van der Waals surface area contributed by atoms with Crippen LogP contribution in [-0.4, -0.2) is 42.6 Å². The Morgan fingerprint density at radius 2 is 2.18 bits per heavy atom. The van der Waals surface area contributed by atoms with Gasteiger partial charge in [0.25, 0.3) is 6.01 Å². The second kappa shape index (κ2) is 5.14. The Balaban J connectivity index is 1.55. The van der Waals surface area contributed by atoms with Crippen LogP contribution in [0, 0.1) is 5.41 Å². The van der Waals surface area contributed by atoms with Crippen molar-refractivity contribution in [1.29, 1.82) is 0 Å². The van der Waals surface area contributed by atoms with E-state index in [2.05, 4.69) is 10.3 Å². The van der Waals surface area contributed by atoms with Crippen LogP contribution in [0.4, 0.5) is 6.01 Å². The molecule has 118 valence electrons. The minimum absolute atomic E-state index is 0.101. The van der Waals surface area contributed by atoms with Crippen LogP contribution < -0.4 is 10.1 Å². The number of anilines is 1. The van der Waals surface area contributed by atoms with Gasteiger partial charge in [-0.05, 0) is 31.4 Å². The fourth-order valence-corrected chi connectivity index (χ4v) is 3.65. The monoisotopic (exact) mass is 304 g/mol. The third-order valence-electron chi connectivity index (χ3n) is 5.13. The van der Waals surface area contributed by atoms with E-state index in [0.29, 0.717) is 19.2 Å². The molecule has 22 heavy (non-hydrogen) atoms. The minimum atomic E-state index is -0.265. The summed E-state index contributed by atoms with van der Waals surface area (Å²) < 4.78 is 16.4. The number of benzene rings is 1. The third kappa shape index (κ3) is 2.06. The van der Waals surface area contributed by atoms with Gasteiger partial charge in [0.1, 0.15) is 11.3 Å². The molecule has 1 spiro atoms. The number of rotatable bonds is 3. The molecule has 0 amide bonds. The van der Waals surface area contributed by atoms with Crippen LogP contribution in [0.5, 0.6) is 5.75 Å². The average molecular weight is 304 g/mol. The SMILES string of the molecule is COc1ccc2oc(N[C@@H]3C[C@@H](O)C34CCOCC4)nc2c1. The number of nitrogens with zero attached hydrogens (tertiary/aromatic N) is 1. The van der Waals surface area contributed by atoms with E-state index in [1.807, 2.05) is 18.2 Å². The third-order valence-corrected chi connectivity index (χ3v) is 5.13. The molecule has 2 atom stereocenters. The van der Waals surface area contributed by atoms with Gasteiger partial charge in [-0.3, -0.25) is 0 Å². The first-order valence-corrected chi connectivity index (χ1v) is 7.68. The highest BCUT2D eigenvalue weighted by molar-refractivity contribution is 5.76. The molecule has 2 fully saturated rings. The number of aromatic nitrogens is 1. The van der Waals surface area contributed by atoms with E-state index >= 15 is 0 Å². The van der Waals surface area contributed by atoms with Gasteiger partial charge in [-0.15, -0.1) is 0 Å². The summed E-state index contributed by atoms with van der Waals surface area (Å²) in [5.74, 6) is 0.757. The molecule has 1 aliphatic carbocycles. The molecule has 6 heteroatoms. The molecule has 2 heterocycles. The minimum Gasteiger partial charge on any atom is -0.497 e. The number of oxazole rings is 1. The Kier molecular flexibility index (Phi) is 3.23. The van der Waals surface area contributed by atoms with E-state index < -0.39 is 0 Å². The largest absolute Gasteiger partial charge is 0.497 e. The zero-order valence-electron chi connectivity index (χ0n) is 12.5. The number of ether oxygens (including phenoxy) is 2. The van der Waals surface area contributed by atoms with Gasteiger partial charge in [0, 0.05) is 30.7 Å². The molecule has 0 radical (unpaired) electrons. The molecule has 4 rings (SSSR count). The first kappa shape index (κ1) is 13.8. The van der Waals surface area contributed by atoms with Gasteiger partial charge in [-0.25, -0.2) is 0 Å². The molecule has 6 nitrogen and oxygen atoms in total. The van der Waals surface area contributed by atoms with Gasteiger partial charge in [0.05, 0.1) is 13.2 Å². The Bertz CT molecular complexity index is 678. The number of hydrogen-bond acceptors (Lipinski definition) is 6. The maximum absolute atomic E-state index is 10.2. The summed E-state index contributed by atoms with van der Waals surface area (Å²) in [7, 11) is 1.63. The molecule has 1 aromatic heterocycles. The topological polar surface area (TPSA) is 76.8 Å². The second-order valence-corrected chi connectivity index (χ2v) is 6.15. The van der Waals surface area contributed by atoms with Crippen molar-refractivity contribution in [2.75, 3.05) is 25.6 Å². The van der Waals surface area contributed by atoms with Crippen molar-refractivity contribution in [3.63, 3.8) is 0 Å². The lowest BCUT2D eigenvalue weighted by molar-refractivity contribution is -0.133. The van der Waals surface area contributed by atoms with E-state index in [1.54, 1.807) is 7.11 Å². The van der Waals surface area contributed by atoms with Gasteiger partial charge >= 0.3 is 0 Å². The second-order valence-electron chi connectivity index (χ2n) is 6.15. The average Bonchev–Trinajstić information content (AvgIpc) is 2.96. The summed E-state index contributed by atoms with van der Waals surface area (Å²) in [5, 5.41) is 13.6. The number of aliphatic hydroxyl groups is 1. The molecule has 0 bridgehead atoms. The van der Waals surface area contributed by atoms with Crippen molar-refractivity contribution < 1.29 is 19.0 Å². The lowest BCUT2D eigenvalue weighted by atomic mass is 9.58. The van der Waals surface area contributed by atoms with E-state index in [9.17, 15) is 5.11 Å². The summed E-state index contributed by atoms with van der Waals surface area (Å²) in [5.41, 5.74) is 1.39. The molecule has 1 saturated heterocycles. The molecule has 1 aliphatic heterocycles. The van der Waals surface area contributed by atoms with Crippen molar-refractivity contribution in [3.8, 4) is 5.75 Å². The van der Waals surface area contributed by atoms with Crippen molar-refractivity contribution in [2.24, 2.45) is 5.41 Å². The quantitative estimate of drug-likeness (QED) is 0.905. The Hall–Kier alpha value is -1.79. The van der Waals surface area contributed by atoms with E-state index in [-0.39, 0.29) is 17.6 Å². The lowest BCUT2D eigenvalue weighted by Crippen LogP contribution is -2.62. The van der Waals surface area contributed by atoms with E-state index in [4.69, 9.17) is 13.9 Å². The number of aliphatic hydroxyl groups excluding tert-OH is 1. The van der Waals surface area contributed by atoms with Gasteiger partial charge in [-0.1, -0.05) is 0 Å². The molecule has 1 aromatic carbocycles. The summed E-state index contributed by atoms with van der Waals surface area (Å²) in [6, 6.07) is 6.24. The highest BCUT2D eigenvalue weighted by atomic mass is 16.5. The molecule has 0 unspecified atom stereocenters. The number of nitrogens with one attached hydrogen (secondary N) is 1. The number of fused-ring (bicyclic) bond motifs is 1. The fourth-order valence-electron chi connectivity index (χ4n) is 3.65. The molecule has 2 aromatic rings. The maximum atomic E-state index is 10.2. The fraction of sp³-hybridized carbons (Fsp3) is 0.562. The predicted octanol–water partition coefficient (Wildman–Crippen LogP) is 2.18. The zero-order chi connectivity index (χ0) is 15.2. The van der Waals surface area contributed by atoms with Crippen molar-refractivity contribution in [1.82, 2.24) is 4.98 Å². The van der Waals surface area contributed by atoms with E-state index in [1.165, 1.54) is 0 Å². The van der Waals surface area contributed by atoms with Gasteiger partial charge in [-0.2, -0.15) is 4.98 Å². The van der Waals surface area contributed by atoms with Crippen LogP contribution in [0.15, 0.2) is 22.6 Å². The van der Waals surface area contributed by atoms with Crippen LogP contribution >= 0.6 is 0 Å². The molecule has 1 saturated carbocycles. The van der Waals surface area contributed by atoms with Gasteiger partial charge in [0.2, 0.25) is 0 Å². The van der Waals surface area contributed by atoms with Gasteiger partial charge < -0.3 is 24.3 Å². The zero-order valence-corrected chi connectivity index (χ0v) is 12.5.